The van der Waals surface area contributed by atoms with Gasteiger partial charge in [-0.2, -0.15) is 25.3 Å². The molecule has 13 heavy (non-hydrogen) atoms. The van der Waals surface area contributed by atoms with Crippen molar-refractivity contribution < 1.29 is 0 Å². The summed E-state index contributed by atoms with van der Waals surface area (Å²) < 4.78 is 0. The van der Waals surface area contributed by atoms with E-state index in [0.29, 0.717) is 24.6 Å². The monoisotopic (exact) mass is 223 g/mol. The van der Waals surface area contributed by atoms with Crippen LogP contribution in [0.2, 0.25) is 0 Å². The van der Waals surface area contributed by atoms with Gasteiger partial charge in [-0.3, -0.25) is 0 Å². The van der Waals surface area contributed by atoms with Gasteiger partial charge < -0.3 is 16.8 Å². The maximum Gasteiger partial charge on any atom is 0.0364 e. The van der Waals surface area contributed by atoms with Crippen molar-refractivity contribution in [2.45, 2.75) is 24.9 Å². The molecule has 0 spiro atoms. The highest BCUT2D eigenvalue weighted by Crippen LogP contribution is 2.07. The predicted molar refractivity (Wildman–Crippen MR) is 65.8 cm³/mol. The first-order valence-electron chi connectivity index (χ1n) is 4.35. The number of nitrogens with one attached hydrogen (secondary N) is 1. The second-order valence-electron chi connectivity index (χ2n) is 4.09. The zero-order valence-corrected chi connectivity index (χ0v) is 10.2. The molecule has 0 saturated carbocycles. The van der Waals surface area contributed by atoms with Crippen LogP contribution in [0.5, 0.6) is 0 Å². The van der Waals surface area contributed by atoms with Crippen LogP contribution in [-0.4, -0.2) is 35.7 Å². The van der Waals surface area contributed by atoms with E-state index in [0.717, 1.165) is 0 Å². The predicted octanol–water partition coefficient (Wildman–Crippen LogP) is -0.130. The van der Waals surface area contributed by atoms with Crippen molar-refractivity contribution in [3.8, 4) is 0 Å². The van der Waals surface area contributed by atoms with Crippen molar-refractivity contribution in [2.75, 3.05) is 24.6 Å². The summed E-state index contributed by atoms with van der Waals surface area (Å²) in [5, 5.41) is 3.31. The number of thiol groups is 2. The Kier molecular flexibility index (Phi) is 5.70. The van der Waals surface area contributed by atoms with Gasteiger partial charge in [0.1, 0.15) is 0 Å². The summed E-state index contributed by atoms with van der Waals surface area (Å²) in [4.78, 5) is 0. The zero-order valence-electron chi connectivity index (χ0n) is 8.38. The molecule has 0 amide bonds. The van der Waals surface area contributed by atoms with Crippen LogP contribution < -0.4 is 16.8 Å². The molecule has 0 saturated heterocycles. The average molecular weight is 223 g/mol. The highest BCUT2D eigenvalue weighted by Gasteiger charge is 2.24. The third-order valence-electron chi connectivity index (χ3n) is 2.08. The van der Waals surface area contributed by atoms with E-state index in [2.05, 4.69) is 30.6 Å². The molecule has 0 radical (unpaired) electrons. The van der Waals surface area contributed by atoms with Crippen LogP contribution in [0.4, 0.5) is 0 Å². The molecule has 0 aromatic rings. The molecule has 0 aromatic heterocycles. The van der Waals surface area contributed by atoms with E-state index < -0.39 is 0 Å². The molecule has 3 nitrogen and oxygen atoms in total. The molecule has 5 heteroatoms. The molecule has 1 unspecified atom stereocenters. The lowest BCUT2D eigenvalue weighted by Gasteiger charge is -2.32. The quantitative estimate of drug-likeness (QED) is 0.408. The molecule has 0 aliphatic rings. The van der Waals surface area contributed by atoms with Crippen LogP contribution >= 0.6 is 25.3 Å². The van der Waals surface area contributed by atoms with Gasteiger partial charge in [0, 0.05) is 35.7 Å². The molecule has 0 rings (SSSR count). The minimum absolute atomic E-state index is 0.132. The van der Waals surface area contributed by atoms with Crippen LogP contribution in [0.15, 0.2) is 0 Å². The van der Waals surface area contributed by atoms with Crippen LogP contribution in [-0.2, 0) is 0 Å². The SMILES string of the molecule is CC(CN)(CS)NC[C@](C)(N)CS. The summed E-state index contributed by atoms with van der Waals surface area (Å²) >= 11 is 8.41. The van der Waals surface area contributed by atoms with E-state index in [9.17, 15) is 0 Å². The number of nitrogens with two attached hydrogens (primary N) is 2. The third kappa shape index (κ3) is 5.12. The Labute approximate surface area is 91.8 Å². The third-order valence-corrected chi connectivity index (χ3v) is 3.50. The lowest BCUT2D eigenvalue weighted by Crippen LogP contribution is -2.58. The van der Waals surface area contributed by atoms with Crippen molar-refractivity contribution in [3.05, 3.63) is 0 Å². The first-order valence-corrected chi connectivity index (χ1v) is 5.61. The summed E-state index contributed by atoms with van der Waals surface area (Å²) in [6, 6.07) is 0. The lowest BCUT2D eigenvalue weighted by molar-refractivity contribution is 0.356. The van der Waals surface area contributed by atoms with E-state index in [4.69, 9.17) is 11.5 Å². The Morgan fingerprint density at radius 3 is 2.08 bits per heavy atom. The fourth-order valence-corrected chi connectivity index (χ4v) is 1.02. The standard InChI is InChI=1S/C8H21N3S2/c1-7(10,5-12)4-11-8(2,3-9)6-13/h11-13H,3-6,9-10H2,1-2H3/t7-,8?/m0/s1. The Bertz CT molecular complexity index is 146. The second kappa shape index (κ2) is 5.46. The topological polar surface area (TPSA) is 64.1 Å². The van der Waals surface area contributed by atoms with Gasteiger partial charge in [-0.25, -0.2) is 0 Å². The largest absolute Gasteiger partial charge is 0.329 e. The molecule has 5 N–H and O–H groups in total. The van der Waals surface area contributed by atoms with Crippen molar-refractivity contribution >= 4 is 25.3 Å². The maximum atomic E-state index is 5.93. The fourth-order valence-electron chi connectivity index (χ4n) is 0.664. The van der Waals surface area contributed by atoms with E-state index in [1.807, 2.05) is 13.8 Å². The molecular weight excluding hydrogens is 202 g/mol. The van der Waals surface area contributed by atoms with Crippen molar-refractivity contribution in [1.82, 2.24) is 5.32 Å². The molecule has 0 aliphatic heterocycles. The van der Waals surface area contributed by atoms with Crippen LogP contribution in [0.3, 0.4) is 0 Å². The normalized spacial score (nSPS) is 20.8. The van der Waals surface area contributed by atoms with Gasteiger partial charge >= 0.3 is 0 Å². The van der Waals surface area contributed by atoms with Gasteiger partial charge in [0.25, 0.3) is 0 Å². The summed E-state index contributed by atoms with van der Waals surface area (Å²) in [7, 11) is 0. The lowest BCUT2D eigenvalue weighted by atomic mass is 10.0. The van der Waals surface area contributed by atoms with Gasteiger partial charge in [-0.05, 0) is 13.8 Å². The van der Waals surface area contributed by atoms with E-state index in [1.54, 1.807) is 0 Å². The highest BCUT2D eigenvalue weighted by atomic mass is 32.1. The van der Waals surface area contributed by atoms with E-state index in [-0.39, 0.29) is 11.1 Å². The first kappa shape index (κ1) is 13.6. The molecular formula is C8H21N3S2. The van der Waals surface area contributed by atoms with Crippen LogP contribution in [0.25, 0.3) is 0 Å². The fraction of sp³-hybridized carbons (Fsp3) is 1.00. The van der Waals surface area contributed by atoms with Crippen LogP contribution in [0.1, 0.15) is 13.8 Å². The van der Waals surface area contributed by atoms with Crippen molar-refractivity contribution in [1.29, 1.82) is 0 Å². The minimum atomic E-state index is -0.289. The number of rotatable bonds is 6. The van der Waals surface area contributed by atoms with E-state index in [1.165, 1.54) is 0 Å². The van der Waals surface area contributed by atoms with Gasteiger partial charge in [-0.15, -0.1) is 0 Å². The average Bonchev–Trinajstić information content (AvgIpc) is 2.14. The molecule has 0 aliphatic carbocycles. The molecule has 80 valence electrons. The summed E-state index contributed by atoms with van der Waals surface area (Å²) in [5.41, 5.74) is 11.1. The highest BCUT2D eigenvalue weighted by molar-refractivity contribution is 7.80. The zero-order chi connectivity index (χ0) is 10.5. The minimum Gasteiger partial charge on any atom is -0.329 e. The van der Waals surface area contributed by atoms with Crippen molar-refractivity contribution in [3.63, 3.8) is 0 Å². The summed E-state index contributed by atoms with van der Waals surface area (Å²) in [5.74, 6) is 1.35. The van der Waals surface area contributed by atoms with Crippen LogP contribution in [0, 0.1) is 0 Å². The van der Waals surface area contributed by atoms with Gasteiger partial charge in [-0.1, -0.05) is 0 Å². The smallest absolute Gasteiger partial charge is 0.0364 e. The Hall–Kier alpha value is 0.580. The van der Waals surface area contributed by atoms with Gasteiger partial charge in [0.2, 0.25) is 0 Å². The van der Waals surface area contributed by atoms with Crippen molar-refractivity contribution in [2.24, 2.45) is 11.5 Å². The molecule has 0 heterocycles. The number of hydrogen-bond donors (Lipinski definition) is 5. The van der Waals surface area contributed by atoms with Gasteiger partial charge in [0.15, 0.2) is 0 Å². The molecule has 0 fully saturated rings. The van der Waals surface area contributed by atoms with E-state index >= 15 is 0 Å². The number of hydrogen-bond acceptors (Lipinski definition) is 5. The van der Waals surface area contributed by atoms with Gasteiger partial charge in [0.05, 0.1) is 0 Å². The Balaban J connectivity index is 3.99. The first-order chi connectivity index (χ1) is 5.89. The molecule has 0 bridgehead atoms. The molecule has 2 atom stereocenters. The summed E-state index contributed by atoms with van der Waals surface area (Å²) in [6.45, 7) is 5.25. The maximum absolute atomic E-state index is 5.93. The second-order valence-corrected chi connectivity index (χ2v) is 4.72. The summed E-state index contributed by atoms with van der Waals surface area (Å²) in [6.07, 6.45) is 0. The molecule has 0 aromatic carbocycles. The Morgan fingerprint density at radius 1 is 1.23 bits per heavy atom. The Morgan fingerprint density at radius 2 is 1.77 bits per heavy atom.